The molecule has 5 nitrogen and oxygen atoms in total. The minimum absolute atomic E-state index is 0.0668. The third-order valence-electron chi connectivity index (χ3n) is 5.46. The number of alkyl halides is 3. The number of nitrogens with zero attached hydrogens (tertiary/aromatic N) is 1. The summed E-state index contributed by atoms with van der Waals surface area (Å²) in [6.45, 7) is 0.610. The Morgan fingerprint density at radius 1 is 1.22 bits per heavy atom. The quantitative estimate of drug-likeness (QED) is 0.412. The van der Waals surface area contributed by atoms with Crippen molar-refractivity contribution >= 4 is 21.5 Å². The zero-order valence-electron chi connectivity index (χ0n) is 16.9. The molecule has 0 radical (unpaired) electrons. The van der Waals surface area contributed by atoms with E-state index in [0.717, 1.165) is 40.7 Å². The second-order valence-electron chi connectivity index (χ2n) is 7.63. The lowest BCUT2D eigenvalue weighted by Gasteiger charge is -2.38. The predicted molar refractivity (Wildman–Crippen MR) is 109 cm³/mol. The second-order valence-corrected chi connectivity index (χ2v) is 9.45. The molecule has 0 amide bonds. The van der Waals surface area contributed by atoms with Crippen molar-refractivity contribution in [1.29, 1.82) is 0 Å². The summed E-state index contributed by atoms with van der Waals surface area (Å²) < 4.78 is 80.9. The van der Waals surface area contributed by atoms with Crippen molar-refractivity contribution in [3.63, 3.8) is 0 Å². The molecule has 32 heavy (non-hydrogen) atoms. The fraction of sp³-hybridized carbons (Fsp3) is 0.318. The van der Waals surface area contributed by atoms with Crippen LogP contribution in [0.3, 0.4) is 0 Å². The first kappa shape index (κ1) is 23.8. The highest BCUT2D eigenvalue weighted by Crippen LogP contribution is 2.42. The van der Waals surface area contributed by atoms with E-state index < -0.39 is 45.0 Å². The molecule has 2 atom stereocenters. The van der Waals surface area contributed by atoms with Crippen LogP contribution in [0.25, 0.3) is 0 Å². The van der Waals surface area contributed by atoms with Gasteiger partial charge >= 0.3 is 6.18 Å². The van der Waals surface area contributed by atoms with E-state index in [0.29, 0.717) is 6.92 Å². The largest absolute Gasteiger partial charge is 0.421 e. The molecule has 2 aromatic carbocycles. The number of fused-ring (bicyclic) bond motifs is 1. The molecule has 0 spiro atoms. The summed E-state index contributed by atoms with van der Waals surface area (Å²) in [5.74, 6) is 0.651. The summed E-state index contributed by atoms with van der Waals surface area (Å²) >= 11 is 0. The van der Waals surface area contributed by atoms with Gasteiger partial charge in [0.25, 0.3) is 10.0 Å². The molecule has 1 N–H and O–H groups in total. The average molecular weight is 469 g/mol. The van der Waals surface area contributed by atoms with E-state index in [2.05, 4.69) is 0 Å². The van der Waals surface area contributed by atoms with E-state index in [1.54, 1.807) is 0 Å². The number of rotatable bonds is 5. The zero-order valence-corrected chi connectivity index (χ0v) is 17.7. The summed E-state index contributed by atoms with van der Waals surface area (Å²) in [5.41, 5.74) is -3.26. The van der Waals surface area contributed by atoms with Gasteiger partial charge in [0, 0.05) is 6.42 Å². The van der Waals surface area contributed by atoms with Crippen molar-refractivity contribution in [2.75, 3.05) is 4.31 Å². The normalized spacial score (nSPS) is 18.4. The number of sulfonamides is 1. The molecule has 0 bridgehead atoms. The van der Waals surface area contributed by atoms with Crippen molar-refractivity contribution < 1.29 is 35.9 Å². The summed E-state index contributed by atoms with van der Waals surface area (Å²) in [6.07, 6.45) is 0.162. The van der Waals surface area contributed by atoms with Crippen LogP contribution in [0.5, 0.6) is 0 Å². The van der Waals surface area contributed by atoms with Gasteiger partial charge in [-0.3, -0.25) is 9.10 Å². The van der Waals surface area contributed by atoms with Gasteiger partial charge in [0.1, 0.15) is 5.82 Å². The van der Waals surface area contributed by atoms with Crippen LogP contribution in [-0.4, -0.2) is 31.5 Å². The van der Waals surface area contributed by atoms with Crippen LogP contribution in [0.1, 0.15) is 30.9 Å². The standard InChI is InChI=1S/C22H19F4NO4S/c1-3-18(28)13-17-8-4-14-12-15(21(2,29)22(24,25)26)5-11-20(14)27(17)32(30,31)19-9-6-16(23)7-10-19/h1,5-7,9-12,17,29H,4,8,13H2,2H3/t17-,21?/m0/s1. The number of benzene rings is 2. The highest BCUT2D eigenvalue weighted by atomic mass is 32.2. The van der Waals surface area contributed by atoms with Gasteiger partial charge in [-0.25, -0.2) is 12.8 Å². The van der Waals surface area contributed by atoms with Crippen molar-refractivity contribution in [1.82, 2.24) is 0 Å². The molecule has 1 heterocycles. The Hall–Kier alpha value is -2.90. The molecule has 2 aromatic rings. The third kappa shape index (κ3) is 4.23. The van der Waals surface area contributed by atoms with Gasteiger partial charge in [-0.15, -0.1) is 6.42 Å². The molecular formula is C22H19F4NO4S. The lowest BCUT2D eigenvalue weighted by molar-refractivity contribution is -0.258. The minimum atomic E-state index is -4.95. The number of hydrogen-bond acceptors (Lipinski definition) is 4. The number of halogens is 4. The highest BCUT2D eigenvalue weighted by Gasteiger charge is 2.51. The summed E-state index contributed by atoms with van der Waals surface area (Å²) in [4.78, 5) is 11.6. The number of anilines is 1. The maximum atomic E-state index is 13.4. The highest BCUT2D eigenvalue weighted by molar-refractivity contribution is 7.92. The molecule has 3 rings (SSSR count). The first-order chi connectivity index (χ1) is 14.8. The number of aliphatic hydroxyl groups is 1. The van der Waals surface area contributed by atoms with Gasteiger partial charge in [0.2, 0.25) is 5.78 Å². The Labute approximate surface area is 182 Å². The maximum Gasteiger partial charge on any atom is 0.421 e. The number of Topliss-reactive ketones (excluding diaryl/α,β-unsaturated/α-hetero) is 1. The van der Waals surface area contributed by atoms with E-state index in [4.69, 9.17) is 6.42 Å². The Morgan fingerprint density at radius 2 is 1.84 bits per heavy atom. The summed E-state index contributed by atoms with van der Waals surface area (Å²) in [6, 6.07) is 6.42. The van der Waals surface area contributed by atoms with Gasteiger partial charge < -0.3 is 5.11 Å². The molecule has 0 saturated carbocycles. The van der Waals surface area contributed by atoms with E-state index in [1.807, 2.05) is 5.92 Å². The van der Waals surface area contributed by atoms with Gasteiger partial charge in [-0.2, -0.15) is 13.2 Å². The molecular weight excluding hydrogens is 450 g/mol. The monoisotopic (exact) mass is 469 g/mol. The van der Waals surface area contributed by atoms with Crippen LogP contribution >= 0.6 is 0 Å². The van der Waals surface area contributed by atoms with Crippen molar-refractivity contribution in [2.45, 2.75) is 48.9 Å². The van der Waals surface area contributed by atoms with Crippen molar-refractivity contribution in [3.8, 4) is 12.3 Å². The van der Waals surface area contributed by atoms with Crippen LogP contribution in [0.15, 0.2) is 47.4 Å². The van der Waals surface area contributed by atoms with Gasteiger partial charge in [-0.1, -0.05) is 12.1 Å². The topological polar surface area (TPSA) is 74.7 Å². The van der Waals surface area contributed by atoms with Crippen LogP contribution in [0.2, 0.25) is 0 Å². The van der Waals surface area contributed by atoms with Gasteiger partial charge in [0.15, 0.2) is 5.60 Å². The first-order valence-electron chi connectivity index (χ1n) is 9.51. The second kappa shape index (κ2) is 8.22. The SMILES string of the molecule is C#CC(=O)C[C@@H]1CCc2cc(C(C)(O)C(F)(F)F)ccc2N1S(=O)(=O)c1ccc(F)cc1. The van der Waals surface area contributed by atoms with Gasteiger partial charge in [-0.05, 0) is 67.1 Å². The number of carbonyl (C=O) groups is 1. The molecule has 1 aliphatic rings. The van der Waals surface area contributed by atoms with E-state index in [1.165, 1.54) is 6.07 Å². The van der Waals surface area contributed by atoms with E-state index in [9.17, 15) is 35.9 Å². The predicted octanol–water partition coefficient (Wildman–Crippen LogP) is 3.70. The smallest absolute Gasteiger partial charge is 0.376 e. The summed E-state index contributed by atoms with van der Waals surface area (Å²) in [7, 11) is -4.31. The Balaban J connectivity index is 2.15. The zero-order chi connectivity index (χ0) is 23.9. The molecule has 170 valence electrons. The number of ketones is 1. The molecule has 1 aliphatic heterocycles. The van der Waals surface area contributed by atoms with Crippen molar-refractivity contribution in [2.24, 2.45) is 0 Å². The van der Waals surface area contributed by atoms with Crippen LogP contribution in [0.4, 0.5) is 23.2 Å². The minimum Gasteiger partial charge on any atom is -0.376 e. The number of terminal acetylenes is 1. The van der Waals surface area contributed by atoms with Crippen LogP contribution in [0, 0.1) is 18.2 Å². The summed E-state index contributed by atoms with van der Waals surface area (Å²) in [5, 5.41) is 10.00. The Kier molecular flexibility index (Phi) is 6.10. The molecule has 10 heteroatoms. The Morgan fingerprint density at radius 3 is 2.41 bits per heavy atom. The van der Waals surface area contributed by atoms with Crippen molar-refractivity contribution in [3.05, 3.63) is 59.4 Å². The molecule has 0 fully saturated rings. The molecule has 0 saturated heterocycles. The van der Waals surface area contributed by atoms with Crippen LogP contribution in [-0.2, 0) is 26.8 Å². The third-order valence-corrected chi connectivity index (χ3v) is 7.34. The number of carbonyl (C=O) groups excluding carboxylic acids is 1. The van der Waals surface area contributed by atoms with E-state index in [-0.39, 0.29) is 35.4 Å². The number of aryl methyl sites for hydroxylation is 1. The van der Waals surface area contributed by atoms with Crippen LogP contribution < -0.4 is 4.31 Å². The fourth-order valence-electron chi connectivity index (χ4n) is 3.61. The maximum absolute atomic E-state index is 13.4. The average Bonchev–Trinajstić information content (AvgIpc) is 2.72. The molecule has 0 aromatic heterocycles. The lowest BCUT2D eigenvalue weighted by Crippen LogP contribution is -2.45. The number of hydrogen-bond donors (Lipinski definition) is 1. The van der Waals surface area contributed by atoms with Gasteiger partial charge in [0.05, 0.1) is 16.6 Å². The lowest BCUT2D eigenvalue weighted by atomic mass is 9.89. The molecule has 1 unspecified atom stereocenters. The van der Waals surface area contributed by atoms with E-state index >= 15 is 0 Å². The fourth-order valence-corrected chi connectivity index (χ4v) is 5.32. The molecule has 0 aliphatic carbocycles. The Bertz CT molecular complexity index is 1180. The first-order valence-corrected chi connectivity index (χ1v) is 10.9.